The Morgan fingerprint density at radius 2 is 1.86 bits per heavy atom. The maximum absolute atomic E-state index is 5.65. The molecule has 0 aliphatic carbocycles. The zero-order chi connectivity index (χ0) is 9.80. The molecule has 0 aliphatic rings. The van der Waals surface area contributed by atoms with Crippen LogP contribution in [0.15, 0.2) is 46.9 Å². The van der Waals surface area contributed by atoms with Gasteiger partial charge in [0, 0.05) is 5.56 Å². The van der Waals surface area contributed by atoms with E-state index in [4.69, 9.17) is 4.42 Å². The first-order valence-corrected chi connectivity index (χ1v) is 4.69. The maximum Gasteiger partial charge on any atom is 0.134 e. The molecule has 2 aromatic rings. The molecule has 0 spiro atoms. The Hall–Kier alpha value is -1.54. The van der Waals surface area contributed by atoms with E-state index in [1.165, 1.54) is 0 Å². The highest BCUT2D eigenvalue weighted by atomic mass is 16.3. The first kappa shape index (κ1) is 9.03. The van der Waals surface area contributed by atoms with Gasteiger partial charge in [0.25, 0.3) is 0 Å². The van der Waals surface area contributed by atoms with Crippen LogP contribution in [0, 0.1) is 0 Å². The number of hydrogen-bond donors (Lipinski definition) is 1. The summed E-state index contributed by atoms with van der Waals surface area (Å²) in [5.41, 5.74) is 1.12. The monoisotopic (exact) mass is 187 g/mol. The van der Waals surface area contributed by atoms with E-state index >= 15 is 0 Å². The van der Waals surface area contributed by atoms with Crippen molar-refractivity contribution in [3.8, 4) is 11.3 Å². The van der Waals surface area contributed by atoms with Gasteiger partial charge in [0.2, 0.25) is 0 Å². The van der Waals surface area contributed by atoms with E-state index in [1.54, 1.807) is 0 Å². The second-order valence-electron chi connectivity index (χ2n) is 3.16. The molecule has 0 unspecified atom stereocenters. The summed E-state index contributed by atoms with van der Waals surface area (Å²) in [4.78, 5) is 0. The van der Waals surface area contributed by atoms with E-state index < -0.39 is 0 Å². The number of benzene rings is 1. The molecule has 1 aromatic carbocycles. The van der Waals surface area contributed by atoms with E-state index in [0.717, 1.165) is 23.6 Å². The van der Waals surface area contributed by atoms with E-state index in [1.807, 2.05) is 49.5 Å². The molecule has 0 amide bonds. The third kappa shape index (κ3) is 1.86. The molecule has 2 nitrogen and oxygen atoms in total. The van der Waals surface area contributed by atoms with Gasteiger partial charge >= 0.3 is 0 Å². The fraction of sp³-hybridized carbons (Fsp3) is 0.167. The van der Waals surface area contributed by atoms with Crippen LogP contribution in [-0.4, -0.2) is 7.05 Å². The lowest BCUT2D eigenvalue weighted by Crippen LogP contribution is -2.03. The van der Waals surface area contributed by atoms with Crippen LogP contribution in [0.3, 0.4) is 0 Å². The summed E-state index contributed by atoms with van der Waals surface area (Å²) < 4.78 is 5.65. The molecular weight excluding hydrogens is 174 g/mol. The molecule has 0 aliphatic heterocycles. The van der Waals surface area contributed by atoms with Crippen molar-refractivity contribution in [1.29, 1.82) is 0 Å². The topological polar surface area (TPSA) is 25.2 Å². The third-order valence-corrected chi connectivity index (χ3v) is 2.07. The Bertz CT molecular complexity index is 392. The minimum atomic E-state index is 0.771. The number of nitrogens with one attached hydrogen (secondary N) is 1. The van der Waals surface area contributed by atoms with Gasteiger partial charge in [-0.2, -0.15) is 0 Å². The summed E-state index contributed by atoms with van der Waals surface area (Å²) in [6.07, 6.45) is 0. The Morgan fingerprint density at radius 1 is 1.07 bits per heavy atom. The predicted octanol–water partition coefficient (Wildman–Crippen LogP) is 2.67. The molecule has 1 heterocycles. The molecule has 0 fully saturated rings. The minimum Gasteiger partial charge on any atom is -0.460 e. The van der Waals surface area contributed by atoms with Crippen LogP contribution in [0.2, 0.25) is 0 Å². The molecule has 0 atom stereocenters. The summed E-state index contributed by atoms with van der Waals surface area (Å²) >= 11 is 0. The van der Waals surface area contributed by atoms with Crippen LogP contribution >= 0.6 is 0 Å². The van der Waals surface area contributed by atoms with E-state index in [2.05, 4.69) is 5.32 Å². The highest BCUT2D eigenvalue weighted by Crippen LogP contribution is 2.21. The summed E-state index contributed by atoms with van der Waals surface area (Å²) in [5, 5.41) is 3.06. The van der Waals surface area contributed by atoms with Crippen molar-refractivity contribution in [3.05, 3.63) is 48.2 Å². The van der Waals surface area contributed by atoms with Gasteiger partial charge in [0.1, 0.15) is 11.5 Å². The highest BCUT2D eigenvalue weighted by molar-refractivity contribution is 5.57. The molecule has 0 radical (unpaired) electrons. The quantitative estimate of drug-likeness (QED) is 0.799. The van der Waals surface area contributed by atoms with Crippen molar-refractivity contribution in [2.24, 2.45) is 0 Å². The molecule has 2 heteroatoms. The lowest BCUT2D eigenvalue weighted by atomic mass is 10.2. The number of furan rings is 1. The number of rotatable bonds is 3. The van der Waals surface area contributed by atoms with Crippen molar-refractivity contribution in [3.63, 3.8) is 0 Å². The molecule has 14 heavy (non-hydrogen) atoms. The molecule has 72 valence electrons. The lowest BCUT2D eigenvalue weighted by Gasteiger charge is -1.96. The van der Waals surface area contributed by atoms with Crippen molar-refractivity contribution >= 4 is 0 Å². The largest absolute Gasteiger partial charge is 0.460 e. The third-order valence-electron chi connectivity index (χ3n) is 2.07. The summed E-state index contributed by atoms with van der Waals surface area (Å²) in [6, 6.07) is 14.1. The molecule has 1 aromatic heterocycles. The zero-order valence-corrected chi connectivity index (χ0v) is 8.16. The van der Waals surface area contributed by atoms with Gasteiger partial charge in [0.15, 0.2) is 0 Å². The van der Waals surface area contributed by atoms with Crippen molar-refractivity contribution < 1.29 is 4.42 Å². The first-order chi connectivity index (χ1) is 6.90. The maximum atomic E-state index is 5.65. The SMILES string of the molecule is CNCc1ccc(-c2ccccc2)o1. The Kier molecular flexibility index (Phi) is 2.65. The number of hydrogen-bond acceptors (Lipinski definition) is 2. The van der Waals surface area contributed by atoms with Crippen molar-refractivity contribution in [1.82, 2.24) is 5.32 Å². The highest BCUT2D eigenvalue weighted by Gasteiger charge is 2.02. The molecule has 0 bridgehead atoms. The summed E-state index contributed by atoms with van der Waals surface area (Å²) in [6.45, 7) is 0.771. The summed E-state index contributed by atoms with van der Waals surface area (Å²) in [7, 11) is 1.91. The van der Waals surface area contributed by atoms with E-state index in [-0.39, 0.29) is 0 Å². The normalized spacial score (nSPS) is 10.4. The standard InChI is InChI=1S/C12H13NO/c1-13-9-11-7-8-12(14-11)10-5-3-2-4-6-10/h2-8,13H,9H2,1H3. The van der Waals surface area contributed by atoms with Gasteiger partial charge in [0.05, 0.1) is 6.54 Å². The van der Waals surface area contributed by atoms with Crippen LogP contribution in [0.5, 0.6) is 0 Å². The van der Waals surface area contributed by atoms with Gasteiger partial charge in [-0.25, -0.2) is 0 Å². The first-order valence-electron chi connectivity index (χ1n) is 4.69. The Balaban J connectivity index is 2.25. The van der Waals surface area contributed by atoms with Crippen molar-refractivity contribution in [2.75, 3.05) is 7.05 Å². The second kappa shape index (κ2) is 4.11. The van der Waals surface area contributed by atoms with Crippen LogP contribution in [0.25, 0.3) is 11.3 Å². The second-order valence-corrected chi connectivity index (χ2v) is 3.16. The van der Waals surface area contributed by atoms with Gasteiger partial charge in [-0.3, -0.25) is 0 Å². The van der Waals surface area contributed by atoms with E-state index in [9.17, 15) is 0 Å². The fourth-order valence-corrected chi connectivity index (χ4v) is 1.40. The van der Waals surface area contributed by atoms with Crippen LogP contribution in [0.4, 0.5) is 0 Å². The van der Waals surface area contributed by atoms with Crippen LogP contribution in [-0.2, 0) is 6.54 Å². The summed E-state index contributed by atoms with van der Waals surface area (Å²) in [5.74, 6) is 1.89. The Labute approximate surface area is 83.6 Å². The minimum absolute atomic E-state index is 0.771. The average molecular weight is 187 g/mol. The molecule has 0 saturated carbocycles. The van der Waals surface area contributed by atoms with Gasteiger partial charge < -0.3 is 9.73 Å². The predicted molar refractivity (Wildman–Crippen MR) is 56.9 cm³/mol. The van der Waals surface area contributed by atoms with Gasteiger partial charge in [-0.1, -0.05) is 30.3 Å². The molecule has 1 N–H and O–H groups in total. The molecule has 0 saturated heterocycles. The Morgan fingerprint density at radius 3 is 2.57 bits per heavy atom. The average Bonchev–Trinajstić information content (AvgIpc) is 2.68. The van der Waals surface area contributed by atoms with Gasteiger partial charge in [-0.15, -0.1) is 0 Å². The van der Waals surface area contributed by atoms with Gasteiger partial charge in [-0.05, 0) is 19.2 Å². The van der Waals surface area contributed by atoms with Crippen LogP contribution < -0.4 is 5.32 Å². The van der Waals surface area contributed by atoms with Crippen molar-refractivity contribution in [2.45, 2.75) is 6.54 Å². The van der Waals surface area contributed by atoms with E-state index in [0.29, 0.717) is 0 Å². The smallest absolute Gasteiger partial charge is 0.134 e. The van der Waals surface area contributed by atoms with Crippen LogP contribution in [0.1, 0.15) is 5.76 Å². The fourth-order valence-electron chi connectivity index (χ4n) is 1.40. The molecule has 2 rings (SSSR count). The molecular formula is C12H13NO. The lowest BCUT2D eigenvalue weighted by molar-refractivity contribution is 0.507. The zero-order valence-electron chi connectivity index (χ0n) is 8.16.